The van der Waals surface area contributed by atoms with Crippen molar-refractivity contribution >= 4 is 10.8 Å². The van der Waals surface area contributed by atoms with Gasteiger partial charge in [-0.3, -0.25) is 0 Å². The molecule has 36 heavy (non-hydrogen) atoms. The molecule has 0 aliphatic rings. The van der Waals surface area contributed by atoms with Crippen molar-refractivity contribution in [2.75, 3.05) is 7.11 Å². The minimum atomic E-state index is -0.215. The van der Waals surface area contributed by atoms with Gasteiger partial charge in [0.25, 0.3) is 0 Å². The summed E-state index contributed by atoms with van der Waals surface area (Å²) in [6.07, 6.45) is 0. The van der Waals surface area contributed by atoms with Gasteiger partial charge in [0.15, 0.2) is 0 Å². The predicted molar refractivity (Wildman–Crippen MR) is 144 cm³/mol. The molecule has 180 valence electrons. The first-order valence-corrected chi connectivity index (χ1v) is 11.9. The standard InChI is InChI=1S/C32H29NO3/c1-21-31-27(17-28(19-34)29(20-35)32(31)36-3)18-30(33(21)2)26-15-24(22-10-6-4-7-11-22)14-25(16-26)23-12-8-5-9-13-23/h4-18,34-35H,2,19-20H2,1,3H3. The number of fused-ring (bicyclic) bond motifs is 1. The van der Waals surface area contributed by atoms with E-state index in [1.807, 2.05) is 54.0 Å². The second-order valence-electron chi connectivity index (χ2n) is 8.90. The van der Waals surface area contributed by atoms with Crippen molar-refractivity contribution in [2.45, 2.75) is 20.1 Å². The van der Waals surface area contributed by atoms with Crippen LogP contribution in [0.2, 0.25) is 0 Å². The summed E-state index contributed by atoms with van der Waals surface area (Å²) >= 11 is 0. The van der Waals surface area contributed by atoms with Gasteiger partial charge in [0.05, 0.1) is 26.0 Å². The normalized spacial score (nSPS) is 11.1. The van der Waals surface area contributed by atoms with Gasteiger partial charge in [0, 0.05) is 18.0 Å². The lowest BCUT2D eigenvalue weighted by Gasteiger charge is -2.20. The van der Waals surface area contributed by atoms with E-state index in [0.717, 1.165) is 50.0 Å². The summed E-state index contributed by atoms with van der Waals surface area (Å²) < 4.78 is 7.64. The van der Waals surface area contributed by atoms with Gasteiger partial charge >= 0.3 is 0 Å². The molecular weight excluding hydrogens is 446 g/mol. The Bertz CT molecular complexity index is 1490. The molecule has 0 spiro atoms. The van der Waals surface area contributed by atoms with E-state index in [0.29, 0.717) is 16.9 Å². The smallest absolute Gasteiger partial charge is 0.126 e. The van der Waals surface area contributed by atoms with Crippen molar-refractivity contribution in [3.05, 3.63) is 115 Å². The van der Waals surface area contributed by atoms with E-state index in [1.165, 1.54) is 0 Å². The second kappa shape index (κ2) is 9.86. The number of aliphatic hydroxyl groups is 2. The highest BCUT2D eigenvalue weighted by atomic mass is 16.5. The van der Waals surface area contributed by atoms with Gasteiger partial charge in [-0.2, -0.15) is 0 Å². The van der Waals surface area contributed by atoms with Crippen LogP contribution in [0.5, 0.6) is 5.75 Å². The molecule has 0 saturated carbocycles. The van der Waals surface area contributed by atoms with Crippen molar-refractivity contribution in [3.63, 3.8) is 0 Å². The average Bonchev–Trinajstić information content (AvgIpc) is 2.94. The molecule has 0 amide bonds. The Labute approximate surface area is 211 Å². The van der Waals surface area contributed by atoms with E-state index < -0.39 is 0 Å². The van der Waals surface area contributed by atoms with E-state index in [2.05, 4.69) is 55.6 Å². The number of aliphatic hydroxyl groups excluding tert-OH is 2. The van der Waals surface area contributed by atoms with Crippen LogP contribution in [0.15, 0.2) is 91.0 Å². The van der Waals surface area contributed by atoms with E-state index in [-0.39, 0.29) is 13.2 Å². The third-order valence-corrected chi connectivity index (χ3v) is 6.83. The van der Waals surface area contributed by atoms with Gasteiger partial charge in [-0.05, 0) is 63.9 Å². The lowest BCUT2D eigenvalue weighted by atomic mass is 9.93. The summed E-state index contributed by atoms with van der Waals surface area (Å²) in [4.78, 5) is 0. The van der Waals surface area contributed by atoms with Crippen LogP contribution in [0.25, 0.3) is 44.3 Å². The van der Waals surface area contributed by atoms with E-state index >= 15 is 0 Å². The van der Waals surface area contributed by atoms with E-state index in [9.17, 15) is 10.2 Å². The number of nitrogens with zero attached hydrogens (tertiary/aromatic N) is 1. The SMILES string of the molecule is [CH2-][n+]1c(-c2cc(-c3ccccc3)cc(-c3ccccc3)c2)cc2cc(CO)c(CO)c(OC)c2c1C. The average molecular weight is 476 g/mol. The zero-order valence-corrected chi connectivity index (χ0v) is 20.5. The summed E-state index contributed by atoms with van der Waals surface area (Å²) in [5.74, 6) is 0.573. The van der Waals surface area contributed by atoms with Gasteiger partial charge in [0.2, 0.25) is 0 Å². The lowest BCUT2D eigenvalue weighted by Crippen LogP contribution is -2.33. The molecule has 1 aromatic heterocycles. The Kier molecular flexibility index (Phi) is 6.47. The number of methoxy groups -OCH3 is 1. The zero-order valence-electron chi connectivity index (χ0n) is 20.5. The van der Waals surface area contributed by atoms with Crippen molar-refractivity contribution in [1.82, 2.24) is 0 Å². The number of benzene rings is 4. The van der Waals surface area contributed by atoms with Crippen molar-refractivity contribution in [2.24, 2.45) is 0 Å². The number of hydrogen-bond acceptors (Lipinski definition) is 3. The molecule has 5 aromatic rings. The van der Waals surface area contributed by atoms with Crippen LogP contribution in [0.1, 0.15) is 16.8 Å². The second-order valence-corrected chi connectivity index (χ2v) is 8.90. The maximum absolute atomic E-state index is 9.98. The van der Waals surface area contributed by atoms with Crippen LogP contribution in [-0.4, -0.2) is 17.3 Å². The van der Waals surface area contributed by atoms with Crippen LogP contribution in [0, 0.1) is 14.0 Å². The monoisotopic (exact) mass is 475 g/mol. The van der Waals surface area contributed by atoms with Crippen LogP contribution < -0.4 is 9.30 Å². The fourth-order valence-electron chi connectivity index (χ4n) is 4.95. The Hall–Kier alpha value is -4.12. The number of aryl methyl sites for hydroxylation is 1. The molecule has 1 heterocycles. The molecule has 4 nitrogen and oxygen atoms in total. The first-order valence-electron chi connectivity index (χ1n) is 11.9. The van der Waals surface area contributed by atoms with Gasteiger partial charge in [-0.15, -0.1) is 0 Å². The molecular formula is C32H29NO3. The predicted octanol–water partition coefficient (Wildman–Crippen LogP) is 6.07. The first-order chi connectivity index (χ1) is 17.5. The summed E-state index contributed by atoms with van der Waals surface area (Å²) in [7, 11) is 5.96. The minimum Gasteiger partial charge on any atom is -0.497 e. The third kappa shape index (κ3) is 4.11. The maximum atomic E-state index is 9.98. The summed E-state index contributed by atoms with van der Waals surface area (Å²) in [5, 5.41) is 21.8. The summed E-state index contributed by atoms with van der Waals surface area (Å²) in [6.45, 7) is 1.60. The summed E-state index contributed by atoms with van der Waals surface area (Å²) in [5.41, 5.74) is 8.65. The van der Waals surface area contributed by atoms with Gasteiger partial charge in [-0.1, -0.05) is 72.8 Å². The van der Waals surface area contributed by atoms with Crippen molar-refractivity contribution in [3.8, 4) is 39.3 Å². The van der Waals surface area contributed by atoms with Crippen LogP contribution in [-0.2, 0) is 13.2 Å². The van der Waals surface area contributed by atoms with Crippen LogP contribution in [0.3, 0.4) is 0 Å². The van der Waals surface area contributed by atoms with Gasteiger partial charge in [0.1, 0.15) is 11.4 Å². The number of aromatic nitrogens is 1. The number of ether oxygens (including phenoxy) is 1. The zero-order chi connectivity index (χ0) is 25.2. The molecule has 0 bridgehead atoms. The number of rotatable bonds is 6. The van der Waals surface area contributed by atoms with Crippen molar-refractivity contribution in [1.29, 1.82) is 0 Å². The fourth-order valence-corrected chi connectivity index (χ4v) is 4.95. The number of pyridine rings is 1. The largest absolute Gasteiger partial charge is 0.497 e. The molecule has 5 rings (SSSR count). The molecule has 2 N–H and O–H groups in total. The molecule has 0 aliphatic carbocycles. The molecule has 4 heteroatoms. The van der Waals surface area contributed by atoms with E-state index in [4.69, 9.17) is 4.74 Å². The minimum absolute atomic E-state index is 0.183. The Balaban J connectivity index is 1.80. The third-order valence-electron chi connectivity index (χ3n) is 6.83. The lowest BCUT2D eigenvalue weighted by molar-refractivity contribution is -0.606. The topological polar surface area (TPSA) is 53.6 Å². The molecule has 0 unspecified atom stereocenters. The molecule has 0 atom stereocenters. The quantitative estimate of drug-likeness (QED) is 0.232. The van der Waals surface area contributed by atoms with Gasteiger partial charge < -0.3 is 19.5 Å². The molecule has 0 aliphatic heterocycles. The molecule has 0 radical (unpaired) electrons. The van der Waals surface area contributed by atoms with Crippen LogP contribution in [0.4, 0.5) is 0 Å². The van der Waals surface area contributed by atoms with E-state index in [1.54, 1.807) is 7.11 Å². The Morgan fingerprint density at radius 3 is 1.78 bits per heavy atom. The van der Waals surface area contributed by atoms with Crippen molar-refractivity contribution < 1.29 is 19.5 Å². The van der Waals surface area contributed by atoms with Gasteiger partial charge in [-0.25, -0.2) is 0 Å². The fraction of sp³-hybridized carbons (Fsp3) is 0.125. The summed E-state index contributed by atoms with van der Waals surface area (Å²) in [6, 6.07) is 31.3. The highest BCUT2D eigenvalue weighted by Gasteiger charge is 2.19. The number of hydrogen-bond donors (Lipinski definition) is 2. The Morgan fingerprint density at radius 1 is 0.722 bits per heavy atom. The highest BCUT2D eigenvalue weighted by molar-refractivity contribution is 5.94. The highest BCUT2D eigenvalue weighted by Crippen LogP contribution is 2.37. The molecule has 0 fully saturated rings. The first kappa shape index (κ1) is 23.6. The Morgan fingerprint density at radius 2 is 1.28 bits per heavy atom. The maximum Gasteiger partial charge on any atom is 0.126 e. The molecule has 0 saturated heterocycles. The molecule has 4 aromatic carbocycles. The van der Waals surface area contributed by atoms with Crippen LogP contribution >= 0.6 is 0 Å².